The van der Waals surface area contributed by atoms with Crippen LogP contribution in [0.15, 0.2) is 65.7 Å². The van der Waals surface area contributed by atoms with Crippen LogP contribution in [0.4, 0.5) is 20.6 Å². The molecule has 34 heavy (non-hydrogen) atoms. The third kappa shape index (κ3) is 4.26. The predicted molar refractivity (Wildman–Crippen MR) is 132 cm³/mol. The van der Waals surface area contributed by atoms with Crippen molar-refractivity contribution in [3.05, 3.63) is 93.8 Å². The number of carboxylic acid groups (broad SMARTS) is 1. The van der Waals surface area contributed by atoms with Gasteiger partial charge in [-0.25, -0.2) is 9.18 Å². The van der Waals surface area contributed by atoms with Crippen molar-refractivity contribution < 1.29 is 19.1 Å². The summed E-state index contributed by atoms with van der Waals surface area (Å²) in [6, 6.07) is 17.1. The van der Waals surface area contributed by atoms with E-state index in [9.17, 15) is 14.7 Å². The van der Waals surface area contributed by atoms with Gasteiger partial charge in [-0.05, 0) is 43.2 Å². The summed E-state index contributed by atoms with van der Waals surface area (Å²) in [6.07, 6.45) is -0.973. The Hall–Kier alpha value is -3.71. The van der Waals surface area contributed by atoms with E-state index >= 15 is 4.39 Å². The van der Waals surface area contributed by atoms with Gasteiger partial charge in [0.15, 0.2) is 0 Å². The fraction of sp³-hybridized carbons (Fsp3) is 0.192. The summed E-state index contributed by atoms with van der Waals surface area (Å²) in [5.74, 6) is -0.843. The summed E-state index contributed by atoms with van der Waals surface area (Å²) >= 11 is 6.65. The van der Waals surface area contributed by atoms with Crippen molar-refractivity contribution in [3.8, 4) is 0 Å². The summed E-state index contributed by atoms with van der Waals surface area (Å²) in [6.45, 7) is 3.31. The summed E-state index contributed by atoms with van der Waals surface area (Å²) < 4.78 is 15.1. The van der Waals surface area contributed by atoms with Gasteiger partial charge in [-0.15, -0.1) is 0 Å². The Kier molecular flexibility index (Phi) is 6.15. The number of anilines is 2. The Morgan fingerprint density at radius 2 is 1.79 bits per heavy atom. The van der Waals surface area contributed by atoms with Crippen molar-refractivity contribution in [1.29, 1.82) is 0 Å². The van der Waals surface area contributed by atoms with Crippen LogP contribution < -0.4 is 10.2 Å². The van der Waals surface area contributed by atoms with Crippen molar-refractivity contribution in [2.24, 2.45) is 4.99 Å². The van der Waals surface area contributed by atoms with Gasteiger partial charge < -0.3 is 10.0 Å². The lowest BCUT2D eigenvalue weighted by atomic mass is 9.90. The van der Waals surface area contributed by atoms with Gasteiger partial charge in [0, 0.05) is 30.3 Å². The summed E-state index contributed by atoms with van der Waals surface area (Å²) in [7, 11) is 1.59. The van der Waals surface area contributed by atoms with Crippen LogP contribution in [0.5, 0.6) is 0 Å². The van der Waals surface area contributed by atoms with Crippen LogP contribution in [-0.2, 0) is 11.2 Å². The van der Waals surface area contributed by atoms with E-state index < -0.39 is 17.4 Å². The fourth-order valence-electron chi connectivity index (χ4n) is 4.22. The second-order valence-corrected chi connectivity index (χ2v) is 8.97. The third-order valence-corrected chi connectivity index (χ3v) is 6.03. The molecule has 1 heterocycles. The molecule has 4 rings (SSSR count). The number of nitrogens with one attached hydrogen (secondary N) is 1. The number of benzene rings is 3. The van der Waals surface area contributed by atoms with Gasteiger partial charge >= 0.3 is 6.09 Å². The van der Waals surface area contributed by atoms with Crippen molar-refractivity contribution in [1.82, 2.24) is 0 Å². The quantitative estimate of drug-likeness (QED) is 0.499. The zero-order chi connectivity index (χ0) is 24.6. The minimum absolute atomic E-state index is 0.146. The number of hydrogen-bond donors (Lipinski definition) is 2. The highest BCUT2D eigenvalue weighted by molar-refractivity contribution is 6.37. The molecule has 2 N–H and O–H groups in total. The molecule has 0 saturated heterocycles. The first-order valence-electron chi connectivity index (χ1n) is 10.6. The molecule has 0 fully saturated rings. The highest BCUT2D eigenvalue weighted by Gasteiger charge is 2.39. The van der Waals surface area contributed by atoms with E-state index in [0.29, 0.717) is 23.2 Å². The topological polar surface area (TPSA) is 82.0 Å². The van der Waals surface area contributed by atoms with E-state index in [-0.39, 0.29) is 27.9 Å². The molecule has 0 spiro atoms. The average molecular weight is 480 g/mol. The zero-order valence-corrected chi connectivity index (χ0v) is 19.7. The van der Waals surface area contributed by atoms with Gasteiger partial charge in [0.25, 0.3) is 5.91 Å². The normalized spacial score (nSPS) is 14.8. The first-order chi connectivity index (χ1) is 16.1. The Labute approximate surface area is 201 Å². The third-order valence-electron chi connectivity index (χ3n) is 5.75. The Balaban J connectivity index is 2.13. The number of nitrogens with zero attached hydrogens (tertiary/aromatic N) is 2. The molecule has 174 valence electrons. The lowest BCUT2D eigenvalue weighted by molar-refractivity contribution is -0.122. The van der Waals surface area contributed by atoms with E-state index in [4.69, 9.17) is 16.6 Å². The minimum Gasteiger partial charge on any atom is -0.465 e. The van der Waals surface area contributed by atoms with Crippen molar-refractivity contribution in [2.45, 2.75) is 25.8 Å². The number of rotatable bonds is 4. The number of carbonyl (C=O) groups excluding carboxylic acids is 1. The van der Waals surface area contributed by atoms with Gasteiger partial charge in [0.2, 0.25) is 0 Å². The number of halogens is 2. The second-order valence-electron chi connectivity index (χ2n) is 8.56. The number of fused-ring (bicyclic) bond motifs is 1. The van der Waals surface area contributed by atoms with Gasteiger partial charge in [0.05, 0.1) is 16.4 Å². The largest absolute Gasteiger partial charge is 0.465 e. The maximum atomic E-state index is 15.1. The molecule has 0 bridgehead atoms. The highest BCUT2D eigenvalue weighted by atomic mass is 35.5. The van der Waals surface area contributed by atoms with Gasteiger partial charge in [0.1, 0.15) is 11.4 Å². The standard InChI is InChI=1S/C26H23ClFN3O3/c1-26(2)24(32)31(3)23-18(27)14-20(29-25(33)34)17(13-15-9-5-4-6-10-15)21(23)22(30-26)16-11-7-8-12-19(16)28/h4-12,14,29H,13H2,1-3H3,(H,33,34). The Bertz CT molecular complexity index is 1320. The molecular formula is C26H23ClFN3O3. The molecule has 1 aliphatic heterocycles. The molecule has 1 aliphatic rings. The minimum atomic E-state index is -1.27. The van der Waals surface area contributed by atoms with Crippen LogP contribution in [-0.4, -0.2) is 35.4 Å². The van der Waals surface area contributed by atoms with Gasteiger partial charge in [-0.2, -0.15) is 0 Å². The first kappa shape index (κ1) is 23.4. The molecule has 0 aromatic heterocycles. The van der Waals surface area contributed by atoms with E-state index in [1.165, 1.54) is 17.0 Å². The van der Waals surface area contributed by atoms with Gasteiger partial charge in [-0.3, -0.25) is 15.1 Å². The molecule has 3 aromatic rings. The molecule has 3 aromatic carbocycles. The van der Waals surface area contributed by atoms with Crippen LogP contribution >= 0.6 is 11.6 Å². The molecule has 8 heteroatoms. The number of likely N-dealkylation sites (N-methyl/N-ethyl adjacent to an activating group) is 1. The van der Waals surface area contributed by atoms with Crippen molar-refractivity contribution in [2.75, 3.05) is 17.3 Å². The lowest BCUT2D eigenvalue weighted by Crippen LogP contribution is -2.41. The van der Waals surface area contributed by atoms with Crippen LogP contribution in [0, 0.1) is 5.82 Å². The van der Waals surface area contributed by atoms with E-state index in [0.717, 1.165) is 5.56 Å². The summed E-state index contributed by atoms with van der Waals surface area (Å²) in [4.78, 5) is 31.1. The molecule has 0 aliphatic carbocycles. The smallest absolute Gasteiger partial charge is 0.409 e. The number of benzodiazepines with no additional fused rings is 1. The van der Waals surface area contributed by atoms with Crippen molar-refractivity contribution >= 4 is 40.7 Å². The number of amides is 2. The monoisotopic (exact) mass is 479 g/mol. The number of carbonyl (C=O) groups is 2. The molecule has 0 saturated carbocycles. The molecular weight excluding hydrogens is 457 g/mol. The van der Waals surface area contributed by atoms with Crippen LogP contribution in [0.1, 0.15) is 36.1 Å². The maximum absolute atomic E-state index is 15.1. The first-order valence-corrected chi connectivity index (χ1v) is 11.0. The molecule has 2 amide bonds. The van der Waals surface area contributed by atoms with E-state index in [1.54, 1.807) is 39.1 Å². The molecule has 0 unspecified atom stereocenters. The van der Waals surface area contributed by atoms with Crippen LogP contribution in [0.2, 0.25) is 5.02 Å². The van der Waals surface area contributed by atoms with Gasteiger partial charge in [-0.1, -0.05) is 54.1 Å². The maximum Gasteiger partial charge on any atom is 0.409 e. The average Bonchev–Trinajstić information content (AvgIpc) is 2.86. The predicted octanol–water partition coefficient (Wildman–Crippen LogP) is 5.75. The second kappa shape index (κ2) is 8.91. The van der Waals surface area contributed by atoms with E-state index in [2.05, 4.69) is 5.32 Å². The molecule has 0 radical (unpaired) electrons. The highest BCUT2D eigenvalue weighted by Crippen LogP contribution is 2.42. The molecule has 6 nitrogen and oxygen atoms in total. The molecule has 0 atom stereocenters. The summed E-state index contributed by atoms with van der Waals surface area (Å²) in [5.41, 5.74) is 1.63. The lowest BCUT2D eigenvalue weighted by Gasteiger charge is -2.26. The van der Waals surface area contributed by atoms with Crippen molar-refractivity contribution in [3.63, 3.8) is 0 Å². The van der Waals surface area contributed by atoms with Crippen LogP contribution in [0.3, 0.4) is 0 Å². The van der Waals surface area contributed by atoms with Crippen LogP contribution in [0.25, 0.3) is 0 Å². The SMILES string of the molecule is CN1C(=O)C(C)(C)N=C(c2ccccc2F)c2c(Cc3ccccc3)c(NC(=O)O)cc(Cl)c21. The zero-order valence-electron chi connectivity index (χ0n) is 18.9. The number of aliphatic imine (C=N–C) groups is 1. The summed E-state index contributed by atoms with van der Waals surface area (Å²) in [5, 5.41) is 12.1. The fourth-order valence-corrected chi connectivity index (χ4v) is 4.55. The Morgan fingerprint density at radius 3 is 2.44 bits per heavy atom. The number of hydrogen-bond acceptors (Lipinski definition) is 3. The van der Waals surface area contributed by atoms with E-state index in [1.807, 2.05) is 30.3 Å². The Morgan fingerprint density at radius 1 is 1.15 bits per heavy atom.